The number of hydrogen-bond donors (Lipinski definition) is 2. The fourth-order valence-corrected chi connectivity index (χ4v) is 3.08. The quantitative estimate of drug-likeness (QED) is 0.616. The average molecular weight is 411 g/mol. The molecular weight excluding hydrogens is 380 g/mol. The lowest BCUT2D eigenvalue weighted by atomic mass is 9.92. The molecule has 2 N–H and O–H groups in total. The van der Waals surface area contributed by atoms with Crippen LogP contribution in [0.25, 0.3) is 0 Å². The predicted octanol–water partition coefficient (Wildman–Crippen LogP) is 3.77. The summed E-state index contributed by atoms with van der Waals surface area (Å²) in [6.45, 7) is 7.57. The maximum Gasteiger partial charge on any atom is 0.325 e. The van der Waals surface area contributed by atoms with Gasteiger partial charge < -0.3 is 15.4 Å². The molecule has 0 saturated heterocycles. The third-order valence-electron chi connectivity index (χ3n) is 4.64. The van der Waals surface area contributed by atoms with Crippen LogP contribution in [-0.2, 0) is 25.5 Å². The van der Waals surface area contributed by atoms with Gasteiger partial charge >= 0.3 is 5.97 Å². The molecule has 2 aromatic carbocycles. The van der Waals surface area contributed by atoms with E-state index in [1.54, 1.807) is 0 Å². The number of esters is 1. The molecule has 0 fully saturated rings. The summed E-state index contributed by atoms with van der Waals surface area (Å²) in [7, 11) is 0. The molecule has 0 atom stereocenters. The minimum absolute atomic E-state index is 0.179. The van der Waals surface area contributed by atoms with Crippen LogP contribution in [0.1, 0.15) is 56.2 Å². The Labute approximate surface area is 178 Å². The zero-order chi connectivity index (χ0) is 22.1. The number of hydrogen-bond acceptors (Lipinski definition) is 4. The van der Waals surface area contributed by atoms with Crippen molar-refractivity contribution in [3.8, 4) is 0 Å². The molecule has 0 aliphatic rings. The van der Waals surface area contributed by atoms with Crippen molar-refractivity contribution in [3.63, 3.8) is 0 Å². The Hall–Kier alpha value is -3.15. The maximum absolute atomic E-state index is 12.4. The number of ether oxygens (including phenoxy) is 1. The largest absolute Gasteiger partial charge is 0.454 e. The van der Waals surface area contributed by atoms with Crippen molar-refractivity contribution >= 4 is 23.5 Å². The molecule has 0 aromatic heterocycles. The first-order chi connectivity index (χ1) is 14.3. The molecule has 0 radical (unpaired) electrons. The van der Waals surface area contributed by atoms with Gasteiger partial charge in [-0.1, -0.05) is 76.2 Å². The third-order valence-corrected chi connectivity index (χ3v) is 4.64. The second kappa shape index (κ2) is 11.1. The van der Waals surface area contributed by atoms with E-state index in [1.807, 2.05) is 48.5 Å². The minimum Gasteiger partial charge on any atom is -0.454 e. The first-order valence-electron chi connectivity index (χ1n) is 10.2. The van der Waals surface area contributed by atoms with Gasteiger partial charge in [0.25, 0.3) is 5.91 Å². The van der Waals surface area contributed by atoms with E-state index in [2.05, 4.69) is 38.3 Å². The molecule has 0 saturated carbocycles. The van der Waals surface area contributed by atoms with Gasteiger partial charge in [-0.15, -0.1) is 0 Å². The molecule has 0 aliphatic heterocycles. The maximum atomic E-state index is 12.4. The van der Waals surface area contributed by atoms with E-state index < -0.39 is 18.5 Å². The molecule has 160 valence electrons. The Balaban J connectivity index is 1.84. The first kappa shape index (κ1) is 23.1. The van der Waals surface area contributed by atoms with Crippen LogP contribution in [0.15, 0.2) is 48.5 Å². The van der Waals surface area contributed by atoms with Crippen LogP contribution in [0.5, 0.6) is 0 Å². The molecule has 0 unspecified atom stereocenters. The van der Waals surface area contributed by atoms with Gasteiger partial charge in [0, 0.05) is 5.69 Å². The van der Waals surface area contributed by atoms with E-state index in [4.69, 9.17) is 4.74 Å². The van der Waals surface area contributed by atoms with Gasteiger partial charge in [-0.25, -0.2) is 0 Å². The van der Waals surface area contributed by atoms with Gasteiger partial charge in [-0.3, -0.25) is 14.4 Å². The number of carbonyl (C=O) groups is 3. The van der Waals surface area contributed by atoms with E-state index in [0.717, 1.165) is 22.4 Å². The highest BCUT2D eigenvalue weighted by atomic mass is 16.5. The Morgan fingerprint density at radius 1 is 0.833 bits per heavy atom. The van der Waals surface area contributed by atoms with Crippen LogP contribution in [0.3, 0.4) is 0 Å². The van der Waals surface area contributed by atoms with Crippen LogP contribution in [-0.4, -0.2) is 30.9 Å². The Morgan fingerprint density at radius 3 is 2.00 bits per heavy atom. The van der Waals surface area contributed by atoms with Crippen LogP contribution >= 0.6 is 0 Å². The fraction of sp³-hybridized carbons (Fsp3) is 0.375. The molecular formula is C24H30N2O4. The van der Waals surface area contributed by atoms with E-state index in [-0.39, 0.29) is 30.7 Å². The van der Waals surface area contributed by atoms with E-state index in [9.17, 15) is 14.4 Å². The summed E-state index contributed by atoms with van der Waals surface area (Å²) in [5.41, 5.74) is 3.70. The van der Waals surface area contributed by atoms with Crippen molar-refractivity contribution in [2.24, 2.45) is 0 Å². The third kappa shape index (κ3) is 7.03. The van der Waals surface area contributed by atoms with Crippen molar-refractivity contribution in [2.45, 2.75) is 46.0 Å². The van der Waals surface area contributed by atoms with Gasteiger partial charge in [0.2, 0.25) is 5.91 Å². The van der Waals surface area contributed by atoms with Crippen molar-refractivity contribution in [1.82, 2.24) is 5.32 Å². The van der Waals surface area contributed by atoms with Crippen LogP contribution in [0.4, 0.5) is 5.69 Å². The Kier molecular flexibility index (Phi) is 8.59. The van der Waals surface area contributed by atoms with Gasteiger partial charge in [0.1, 0.15) is 6.54 Å². The van der Waals surface area contributed by atoms with Gasteiger partial charge in [-0.2, -0.15) is 0 Å². The Morgan fingerprint density at radius 2 is 1.43 bits per heavy atom. The molecule has 2 aromatic rings. The van der Waals surface area contributed by atoms with Gasteiger partial charge in [0.05, 0.1) is 6.42 Å². The van der Waals surface area contributed by atoms with Crippen molar-refractivity contribution < 1.29 is 19.1 Å². The Bertz CT molecular complexity index is 850. The number of benzene rings is 2. The summed E-state index contributed by atoms with van der Waals surface area (Å²) >= 11 is 0. The summed E-state index contributed by atoms with van der Waals surface area (Å²) < 4.78 is 5.01. The second-order valence-corrected chi connectivity index (χ2v) is 7.77. The lowest BCUT2D eigenvalue weighted by molar-refractivity contribution is -0.147. The molecule has 0 bridgehead atoms. The average Bonchev–Trinajstić information content (AvgIpc) is 2.71. The first-order valence-corrected chi connectivity index (χ1v) is 10.2. The number of rotatable bonds is 9. The molecule has 0 aliphatic carbocycles. The zero-order valence-electron chi connectivity index (χ0n) is 18.0. The van der Waals surface area contributed by atoms with Crippen LogP contribution < -0.4 is 10.6 Å². The number of nitrogens with one attached hydrogen (secondary N) is 2. The second-order valence-electron chi connectivity index (χ2n) is 7.77. The molecule has 0 heterocycles. The lowest BCUT2D eigenvalue weighted by Gasteiger charge is -2.20. The fourth-order valence-electron chi connectivity index (χ4n) is 3.08. The lowest BCUT2D eigenvalue weighted by Crippen LogP contribution is -2.33. The number of para-hydroxylation sites is 1. The number of amides is 2. The van der Waals surface area contributed by atoms with E-state index in [0.29, 0.717) is 0 Å². The highest BCUT2D eigenvalue weighted by molar-refractivity contribution is 5.94. The molecule has 2 amide bonds. The molecule has 6 heteroatoms. The zero-order valence-corrected chi connectivity index (χ0v) is 18.0. The van der Waals surface area contributed by atoms with Crippen molar-refractivity contribution in [1.29, 1.82) is 0 Å². The van der Waals surface area contributed by atoms with Gasteiger partial charge in [0.15, 0.2) is 6.61 Å². The highest BCUT2D eigenvalue weighted by Crippen LogP contribution is 2.32. The summed E-state index contributed by atoms with van der Waals surface area (Å²) in [5, 5.41) is 5.40. The molecule has 6 nitrogen and oxygen atoms in total. The molecule has 0 spiro atoms. The summed E-state index contributed by atoms with van der Waals surface area (Å²) in [6, 6.07) is 15.2. The highest BCUT2D eigenvalue weighted by Gasteiger charge is 2.17. The summed E-state index contributed by atoms with van der Waals surface area (Å²) in [6.07, 6.45) is 0.179. The normalized spacial score (nSPS) is 10.7. The van der Waals surface area contributed by atoms with Crippen LogP contribution in [0, 0.1) is 0 Å². The number of carbonyl (C=O) groups excluding carboxylic acids is 3. The standard InChI is InChI=1S/C24H30N2O4/c1-16(2)19-11-8-12-20(17(3)4)24(19)26-22(28)15-30-23(29)14-25-21(27)13-18-9-6-5-7-10-18/h5-12,16-17H,13-15H2,1-4H3,(H,25,27)(H,26,28). The van der Waals surface area contributed by atoms with Crippen LogP contribution in [0.2, 0.25) is 0 Å². The van der Waals surface area contributed by atoms with Crippen molar-refractivity contribution in [3.05, 3.63) is 65.2 Å². The van der Waals surface area contributed by atoms with E-state index >= 15 is 0 Å². The topological polar surface area (TPSA) is 84.5 Å². The molecule has 2 rings (SSSR count). The SMILES string of the molecule is CC(C)c1cccc(C(C)C)c1NC(=O)COC(=O)CNC(=O)Cc1ccccc1. The van der Waals surface area contributed by atoms with E-state index in [1.165, 1.54) is 0 Å². The summed E-state index contributed by atoms with van der Waals surface area (Å²) in [4.78, 5) is 36.2. The van der Waals surface area contributed by atoms with Gasteiger partial charge in [-0.05, 0) is 28.5 Å². The monoisotopic (exact) mass is 410 g/mol. The molecule has 30 heavy (non-hydrogen) atoms. The smallest absolute Gasteiger partial charge is 0.325 e. The minimum atomic E-state index is -0.659. The summed E-state index contributed by atoms with van der Waals surface area (Å²) in [5.74, 6) is -0.875. The predicted molar refractivity (Wildman–Crippen MR) is 117 cm³/mol. The number of anilines is 1. The van der Waals surface area contributed by atoms with Crippen molar-refractivity contribution in [2.75, 3.05) is 18.5 Å².